The number of aliphatic imine (C=N–C) groups is 1. The van der Waals surface area contributed by atoms with Crippen molar-refractivity contribution < 1.29 is 22.7 Å². The van der Waals surface area contributed by atoms with E-state index < -0.39 is 30.2 Å². The lowest BCUT2D eigenvalue weighted by atomic mass is 9.79. The Bertz CT molecular complexity index is 1160. The van der Waals surface area contributed by atoms with Gasteiger partial charge in [0.1, 0.15) is 18.0 Å². The second kappa shape index (κ2) is 9.87. The molecule has 1 aliphatic heterocycles. The third-order valence-electron chi connectivity index (χ3n) is 6.48. The van der Waals surface area contributed by atoms with Gasteiger partial charge in [-0.1, -0.05) is 26.8 Å². The van der Waals surface area contributed by atoms with Gasteiger partial charge in [0.2, 0.25) is 5.88 Å². The van der Waals surface area contributed by atoms with Gasteiger partial charge >= 0.3 is 6.18 Å². The number of amides is 1. The van der Waals surface area contributed by atoms with E-state index >= 15 is 0 Å². The zero-order valence-electron chi connectivity index (χ0n) is 20.5. The van der Waals surface area contributed by atoms with Gasteiger partial charge in [0.15, 0.2) is 5.69 Å². The number of alkyl halides is 3. The lowest BCUT2D eigenvalue weighted by molar-refractivity contribution is -0.141. The van der Waals surface area contributed by atoms with E-state index in [1.165, 1.54) is 0 Å². The molecule has 3 heterocycles. The van der Waals surface area contributed by atoms with Gasteiger partial charge in [0, 0.05) is 17.5 Å². The number of hydrogen-bond donors (Lipinski definition) is 2. The Morgan fingerprint density at radius 1 is 1.14 bits per heavy atom. The molecule has 4 rings (SSSR count). The molecule has 0 spiro atoms. The molecule has 192 valence electrons. The summed E-state index contributed by atoms with van der Waals surface area (Å²) in [6.07, 6.45) is 2.49. The van der Waals surface area contributed by atoms with Crippen molar-refractivity contribution >= 4 is 12.1 Å². The average Bonchev–Trinajstić information content (AvgIpc) is 3.22. The maximum atomic E-state index is 13.4. The lowest BCUT2D eigenvalue weighted by Crippen LogP contribution is -2.43. The molecule has 0 bridgehead atoms. The number of carbonyl (C=O) groups excluding carboxylic acids is 1. The first-order chi connectivity index (χ1) is 16.9. The molecule has 1 fully saturated rings. The standard InChI is InChI=1S/C25H29F3N6O2/c1-14-6-7-16(22-29-8-5-9-30-22)21(33-14)23(35)34-17-10-15(24(2,3)4)11-18(17)36-20-13-31-19(12-32-20)25(26,27)28/h5-9,12-13,15,17-18,22,29H,10-11H2,1-4H3,(H,34,35). The first-order valence-electron chi connectivity index (χ1n) is 11.7. The Morgan fingerprint density at radius 2 is 1.92 bits per heavy atom. The summed E-state index contributed by atoms with van der Waals surface area (Å²) in [6, 6.07) is 3.25. The minimum Gasteiger partial charge on any atom is -0.471 e. The van der Waals surface area contributed by atoms with E-state index in [1.807, 2.05) is 12.1 Å². The van der Waals surface area contributed by atoms with Crippen molar-refractivity contribution in [2.75, 3.05) is 0 Å². The average molecular weight is 503 g/mol. The van der Waals surface area contributed by atoms with Gasteiger partial charge in [-0.2, -0.15) is 13.2 Å². The van der Waals surface area contributed by atoms with E-state index in [-0.39, 0.29) is 28.8 Å². The number of aryl methyl sites for hydroxylation is 1. The minimum atomic E-state index is -4.59. The Kier molecular flexibility index (Phi) is 7.01. The lowest BCUT2D eigenvalue weighted by Gasteiger charge is -2.26. The van der Waals surface area contributed by atoms with Crippen molar-refractivity contribution in [3.8, 4) is 5.88 Å². The van der Waals surface area contributed by atoms with E-state index in [4.69, 9.17) is 4.74 Å². The highest BCUT2D eigenvalue weighted by Gasteiger charge is 2.42. The number of carbonyl (C=O) groups is 1. The summed E-state index contributed by atoms with van der Waals surface area (Å²) in [7, 11) is 0. The molecule has 4 atom stereocenters. The SMILES string of the molecule is Cc1ccc(C2N=CC=CN2)c(C(=O)NC2CC(C(C)(C)C)CC2Oc2cnc(C(F)(F)F)cn2)n1. The van der Waals surface area contributed by atoms with Gasteiger partial charge in [-0.3, -0.25) is 9.79 Å². The summed E-state index contributed by atoms with van der Waals surface area (Å²) in [5.41, 5.74) is 0.422. The quantitative estimate of drug-likeness (QED) is 0.629. The van der Waals surface area contributed by atoms with Crippen LogP contribution in [-0.4, -0.2) is 39.2 Å². The molecule has 0 radical (unpaired) electrons. The van der Waals surface area contributed by atoms with Gasteiger partial charge in [-0.15, -0.1) is 0 Å². The number of nitrogens with zero attached hydrogens (tertiary/aromatic N) is 4. The first kappa shape index (κ1) is 25.6. The second-order valence-corrected chi connectivity index (χ2v) is 10.1. The highest BCUT2D eigenvalue weighted by Crippen LogP contribution is 2.41. The van der Waals surface area contributed by atoms with E-state index in [1.54, 1.807) is 25.4 Å². The van der Waals surface area contributed by atoms with Gasteiger partial charge in [-0.25, -0.2) is 15.0 Å². The van der Waals surface area contributed by atoms with E-state index in [9.17, 15) is 18.0 Å². The number of ether oxygens (including phenoxy) is 1. The maximum absolute atomic E-state index is 13.4. The van der Waals surface area contributed by atoms with Crippen LogP contribution in [0.25, 0.3) is 0 Å². The van der Waals surface area contributed by atoms with Crippen molar-refractivity contribution in [2.24, 2.45) is 16.3 Å². The predicted molar refractivity (Wildman–Crippen MR) is 127 cm³/mol. The predicted octanol–water partition coefficient (Wildman–Crippen LogP) is 4.39. The minimum absolute atomic E-state index is 0.0243. The van der Waals surface area contributed by atoms with Crippen LogP contribution in [0.15, 0.2) is 41.8 Å². The highest BCUT2D eigenvalue weighted by atomic mass is 19.4. The zero-order chi connectivity index (χ0) is 26.1. The molecule has 0 saturated heterocycles. The molecular weight excluding hydrogens is 473 g/mol. The Hall–Kier alpha value is -3.50. The molecule has 4 unspecified atom stereocenters. The topological polar surface area (TPSA) is 101 Å². The monoisotopic (exact) mass is 502 g/mol. The van der Waals surface area contributed by atoms with Crippen molar-refractivity contribution in [1.29, 1.82) is 0 Å². The fourth-order valence-corrected chi connectivity index (χ4v) is 4.41. The largest absolute Gasteiger partial charge is 0.471 e. The summed E-state index contributed by atoms with van der Waals surface area (Å²) in [4.78, 5) is 29.5. The van der Waals surface area contributed by atoms with Gasteiger partial charge in [0.05, 0.1) is 18.4 Å². The van der Waals surface area contributed by atoms with Crippen LogP contribution in [0.4, 0.5) is 13.2 Å². The molecule has 2 N–H and O–H groups in total. The Labute approximate surface area is 207 Å². The van der Waals surface area contributed by atoms with Gasteiger partial charge < -0.3 is 15.4 Å². The van der Waals surface area contributed by atoms with Crippen LogP contribution in [0, 0.1) is 18.3 Å². The number of aromatic nitrogens is 3. The molecule has 1 aliphatic carbocycles. The molecule has 1 saturated carbocycles. The molecule has 1 amide bonds. The fraction of sp³-hybridized carbons (Fsp3) is 0.480. The molecule has 36 heavy (non-hydrogen) atoms. The van der Waals surface area contributed by atoms with Crippen LogP contribution < -0.4 is 15.4 Å². The van der Waals surface area contributed by atoms with Gasteiger partial charge in [-0.05, 0) is 49.4 Å². The summed E-state index contributed by atoms with van der Waals surface area (Å²) < 4.78 is 44.5. The smallest absolute Gasteiger partial charge is 0.434 e. The molecule has 0 aromatic carbocycles. The van der Waals surface area contributed by atoms with E-state index in [2.05, 4.69) is 51.3 Å². The molecule has 8 nitrogen and oxygen atoms in total. The summed E-state index contributed by atoms with van der Waals surface area (Å²) >= 11 is 0. The van der Waals surface area contributed by atoms with Crippen LogP contribution in [-0.2, 0) is 6.18 Å². The first-order valence-corrected chi connectivity index (χ1v) is 11.7. The molecule has 2 aromatic heterocycles. The van der Waals surface area contributed by atoms with Crippen molar-refractivity contribution in [3.63, 3.8) is 0 Å². The number of halogens is 3. The number of pyridine rings is 1. The van der Waals surface area contributed by atoms with Crippen molar-refractivity contribution in [3.05, 3.63) is 59.4 Å². The number of nitrogens with one attached hydrogen (secondary N) is 2. The normalized spacial score (nSPS) is 23.9. The van der Waals surface area contributed by atoms with Crippen LogP contribution in [0.2, 0.25) is 0 Å². The molecule has 11 heteroatoms. The highest BCUT2D eigenvalue weighted by molar-refractivity contribution is 5.94. The zero-order valence-corrected chi connectivity index (χ0v) is 20.5. The number of rotatable bonds is 5. The van der Waals surface area contributed by atoms with E-state index in [0.29, 0.717) is 30.3 Å². The number of allylic oxidation sites excluding steroid dienone is 1. The Morgan fingerprint density at radius 3 is 2.53 bits per heavy atom. The number of hydrogen-bond acceptors (Lipinski definition) is 7. The summed E-state index contributed by atoms with van der Waals surface area (Å²) in [5.74, 6) is -0.189. The summed E-state index contributed by atoms with van der Waals surface area (Å²) in [6.45, 7) is 8.13. The molecule has 2 aliphatic rings. The summed E-state index contributed by atoms with van der Waals surface area (Å²) in [5, 5.41) is 6.17. The molecular formula is C25H29F3N6O2. The van der Waals surface area contributed by atoms with Crippen LogP contribution in [0.1, 0.15) is 67.2 Å². The fourth-order valence-electron chi connectivity index (χ4n) is 4.41. The van der Waals surface area contributed by atoms with Gasteiger partial charge in [0.25, 0.3) is 5.91 Å². The van der Waals surface area contributed by atoms with Crippen molar-refractivity contribution in [2.45, 2.75) is 65.0 Å². The van der Waals surface area contributed by atoms with E-state index in [0.717, 1.165) is 6.20 Å². The third kappa shape index (κ3) is 5.83. The van der Waals surface area contributed by atoms with Crippen LogP contribution in [0.3, 0.4) is 0 Å². The van der Waals surface area contributed by atoms with Crippen LogP contribution in [0.5, 0.6) is 5.88 Å². The van der Waals surface area contributed by atoms with Crippen molar-refractivity contribution in [1.82, 2.24) is 25.6 Å². The Balaban J connectivity index is 1.56. The van der Waals surface area contributed by atoms with Crippen LogP contribution >= 0.6 is 0 Å². The maximum Gasteiger partial charge on any atom is 0.434 e. The third-order valence-corrected chi connectivity index (χ3v) is 6.48. The molecule has 2 aromatic rings. The second-order valence-electron chi connectivity index (χ2n) is 10.1.